The summed E-state index contributed by atoms with van der Waals surface area (Å²) in [6, 6.07) is 3.59. The maximum Gasteiger partial charge on any atom is 0.323 e. The Balaban J connectivity index is 2.40. The molecule has 16 heavy (non-hydrogen) atoms. The Morgan fingerprint density at radius 1 is 1.56 bits per heavy atom. The summed E-state index contributed by atoms with van der Waals surface area (Å²) < 4.78 is 17.9. The molecule has 0 bridgehead atoms. The molecule has 1 amide bonds. The number of amides is 1. The van der Waals surface area contributed by atoms with Crippen LogP contribution in [0.4, 0.5) is 10.1 Å². The molecule has 0 fully saturated rings. The molecule has 84 valence electrons. The Labute approximate surface area is 90.0 Å². The molecular formula is C10H8FNO4. The summed E-state index contributed by atoms with van der Waals surface area (Å²) in [7, 11) is 0. The first-order valence-electron chi connectivity index (χ1n) is 4.52. The largest absolute Gasteiger partial charge is 0.481 e. The van der Waals surface area contributed by atoms with Gasteiger partial charge in [0, 0.05) is 6.07 Å². The number of rotatable bonds is 2. The number of nitrogens with zero attached hydrogens (tertiary/aromatic N) is 1. The Bertz CT molecular complexity index is 460. The van der Waals surface area contributed by atoms with Gasteiger partial charge in [-0.15, -0.1) is 0 Å². The van der Waals surface area contributed by atoms with Gasteiger partial charge in [-0.1, -0.05) is 0 Å². The van der Waals surface area contributed by atoms with Crippen molar-refractivity contribution in [3.05, 3.63) is 24.0 Å². The smallest absolute Gasteiger partial charge is 0.323 e. The third-order valence-corrected chi connectivity index (χ3v) is 2.16. The molecule has 0 atom stereocenters. The minimum Gasteiger partial charge on any atom is -0.481 e. The minimum absolute atomic E-state index is 0.181. The van der Waals surface area contributed by atoms with Crippen molar-refractivity contribution in [3.63, 3.8) is 0 Å². The zero-order chi connectivity index (χ0) is 11.7. The molecule has 1 aromatic carbocycles. The maximum absolute atomic E-state index is 12.9. The summed E-state index contributed by atoms with van der Waals surface area (Å²) in [6.07, 6.45) is 0. The molecule has 1 N–H and O–H groups in total. The van der Waals surface area contributed by atoms with E-state index in [0.29, 0.717) is 0 Å². The van der Waals surface area contributed by atoms with Gasteiger partial charge in [0.1, 0.15) is 18.1 Å². The predicted molar refractivity (Wildman–Crippen MR) is 51.9 cm³/mol. The normalized spacial score (nSPS) is 14.3. The van der Waals surface area contributed by atoms with Crippen LogP contribution in [0, 0.1) is 5.82 Å². The van der Waals surface area contributed by atoms with Crippen molar-refractivity contribution in [1.29, 1.82) is 0 Å². The van der Waals surface area contributed by atoms with Crippen molar-refractivity contribution in [2.24, 2.45) is 0 Å². The summed E-state index contributed by atoms with van der Waals surface area (Å²) in [5.74, 6) is -1.91. The van der Waals surface area contributed by atoms with Crippen molar-refractivity contribution in [2.75, 3.05) is 18.1 Å². The summed E-state index contributed by atoms with van der Waals surface area (Å²) in [5, 5.41) is 8.65. The number of anilines is 1. The number of ether oxygens (including phenoxy) is 1. The zero-order valence-corrected chi connectivity index (χ0v) is 8.14. The van der Waals surface area contributed by atoms with Crippen LogP contribution in [0.2, 0.25) is 0 Å². The molecule has 0 saturated carbocycles. The van der Waals surface area contributed by atoms with Gasteiger partial charge in [0.05, 0.1) is 5.69 Å². The maximum atomic E-state index is 12.9. The van der Waals surface area contributed by atoms with Crippen LogP contribution in [-0.2, 0) is 9.59 Å². The standard InChI is InChI=1S/C10H8FNO4/c11-6-1-2-7-8(3-6)16-5-9(13)12(7)4-10(14)15/h1-3H,4-5H2,(H,14,15). The predicted octanol–water partition coefficient (Wildman–Crippen LogP) is 0.636. The van der Waals surface area contributed by atoms with E-state index in [1.165, 1.54) is 6.07 Å². The van der Waals surface area contributed by atoms with E-state index in [1.54, 1.807) is 0 Å². The van der Waals surface area contributed by atoms with Crippen LogP contribution < -0.4 is 9.64 Å². The van der Waals surface area contributed by atoms with Gasteiger partial charge in [-0.2, -0.15) is 0 Å². The van der Waals surface area contributed by atoms with Crippen LogP contribution >= 0.6 is 0 Å². The van der Waals surface area contributed by atoms with Crippen LogP contribution in [0.3, 0.4) is 0 Å². The molecule has 0 unspecified atom stereocenters. The fourth-order valence-electron chi connectivity index (χ4n) is 1.49. The van der Waals surface area contributed by atoms with E-state index in [9.17, 15) is 14.0 Å². The molecule has 2 rings (SSSR count). The fraction of sp³-hybridized carbons (Fsp3) is 0.200. The first kappa shape index (κ1) is 10.4. The molecule has 0 aromatic heterocycles. The molecule has 1 heterocycles. The van der Waals surface area contributed by atoms with Gasteiger partial charge >= 0.3 is 5.97 Å². The second-order valence-corrected chi connectivity index (χ2v) is 3.27. The highest BCUT2D eigenvalue weighted by Gasteiger charge is 2.27. The highest BCUT2D eigenvalue weighted by atomic mass is 19.1. The fourth-order valence-corrected chi connectivity index (χ4v) is 1.49. The molecule has 6 heteroatoms. The van der Waals surface area contributed by atoms with E-state index in [-0.39, 0.29) is 18.0 Å². The van der Waals surface area contributed by atoms with E-state index in [2.05, 4.69) is 0 Å². The second-order valence-electron chi connectivity index (χ2n) is 3.27. The highest BCUT2D eigenvalue weighted by molar-refractivity contribution is 6.01. The van der Waals surface area contributed by atoms with Crippen molar-refractivity contribution in [1.82, 2.24) is 0 Å². The lowest BCUT2D eigenvalue weighted by Crippen LogP contribution is -2.41. The van der Waals surface area contributed by atoms with Gasteiger partial charge in [-0.3, -0.25) is 14.5 Å². The number of benzene rings is 1. The average Bonchev–Trinajstić information content (AvgIpc) is 2.22. The molecule has 1 aliphatic rings. The average molecular weight is 225 g/mol. The van der Waals surface area contributed by atoms with Crippen LogP contribution in [-0.4, -0.2) is 30.1 Å². The molecule has 0 radical (unpaired) electrons. The molecule has 0 aliphatic carbocycles. The number of carboxylic acids is 1. The monoisotopic (exact) mass is 225 g/mol. The van der Waals surface area contributed by atoms with E-state index < -0.39 is 24.2 Å². The summed E-state index contributed by atoms with van der Waals surface area (Å²) in [4.78, 5) is 23.1. The Morgan fingerprint density at radius 2 is 2.31 bits per heavy atom. The van der Waals surface area contributed by atoms with Gasteiger partial charge in [0.2, 0.25) is 0 Å². The van der Waals surface area contributed by atoms with Gasteiger partial charge in [-0.25, -0.2) is 4.39 Å². The zero-order valence-electron chi connectivity index (χ0n) is 8.14. The van der Waals surface area contributed by atoms with E-state index >= 15 is 0 Å². The lowest BCUT2D eigenvalue weighted by molar-refractivity contribution is -0.137. The first-order valence-corrected chi connectivity index (χ1v) is 4.52. The van der Waals surface area contributed by atoms with Gasteiger partial charge in [-0.05, 0) is 12.1 Å². The summed E-state index contributed by atoms with van der Waals surface area (Å²) in [6.45, 7) is -0.732. The van der Waals surface area contributed by atoms with Crippen LogP contribution in [0.15, 0.2) is 18.2 Å². The molecule has 0 saturated heterocycles. The number of carbonyl (C=O) groups excluding carboxylic acids is 1. The van der Waals surface area contributed by atoms with E-state index in [4.69, 9.17) is 9.84 Å². The number of hydrogen-bond donors (Lipinski definition) is 1. The lowest BCUT2D eigenvalue weighted by atomic mass is 10.2. The van der Waals surface area contributed by atoms with Crippen molar-refractivity contribution in [3.8, 4) is 5.75 Å². The Morgan fingerprint density at radius 3 is 3.00 bits per heavy atom. The SMILES string of the molecule is O=C(O)CN1C(=O)COc2cc(F)ccc21. The van der Waals surface area contributed by atoms with Crippen LogP contribution in [0.25, 0.3) is 0 Å². The van der Waals surface area contributed by atoms with E-state index in [0.717, 1.165) is 17.0 Å². The van der Waals surface area contributed by atoms with Crippen molar-refractivity contribution >= 4 is 17.6 Å². The number of halogens is 1. The third-order valence-electron chi connectivity index (χ3n) is 2.16. The minimum atomic E-state index is -1.13. The van der Waals surface area contributed by atoms with Crippen molar-refractivity contribution < 1.29 is 23.8 Å². The molecule has 1 aliphatic heterocycles. The molecular weight excluding hydrogens is 217 g/mol. The lowest BCUT2D eigenvalue weighted by Gasteiger charge is -2.27. The Kier molecular flexibility index (Phi) is 2.47. The second kappa shape index (κ2) is 3.80. The quantitative estimate of drug-likeness (QED) is 0.801. The summed E-state index contributed by atoms with van der Waals surface area (Å²) >= 11 is 0. The Hall–Kier alpha value is -2.11. The number of carbonyl (C=O) groups is 2. The number of carboxylic acid groups (broad SMARTS) is 1. The molecule has 5 nitrogen and oxygen atoms in total. The van der Waals surface area contributed by atoms with Gasteiger partial charge < -0.3 is 9.84 Å². The number of aliphatic carboxylic acids is 1. The third kappa shape index (κ3) is 1.81. The van der Waals surface area contributed by atoms with Gasteiger partial charge in [0.15, 0.2) is 6.61 Å². The highest BCUT2D eigenvalue weighted by Crippen LogP contribution is 2.32. The van der Waals surface area contributed by atoms with E-state index in [1.807, 2.05) is 0 Å². The van der Waals surface area contributed by atoms with Gasteiger partial charge in [0.25, 0.3) is 5.91 Å². The molecule has 1 aromatic rings. The van der Waals surface area contributed by atoms with Crippen LogP contribution in [0.5, 0.6) is 5.75 Å². The topological polar surface area (TPSA) is 66.8 Å². The number of fused-ring (bicyclic) bond motifs is 1. The summed E-state index contributed by atoms with van der Waals surface area (Å²) in [5.41, 5.74) is 0.278. The van der Waals surface area contributed by atoms with Crippen LogP contribution in [0.1, 0.15) is 0 Å². The van der Waals surface area contributed by atoms with Crippen molar-refractivity contribution in [2.45, 2.75) is 0 Å². The first-order chi connectivity index (χ1) is 7.58. The molecule has 0 spiro atoms. The number of hydrogen-bond acceptors (Lipinski definition) is 3.